The van der Waals surface area contributed by atoms with Crippen LogP contribution in [0.15, 0.2) is 35.7 Å². The molecule has 2 rings (SSSR count). The molecule has 2 heterocycles. The minimum absolute atomic E-state index is 0.00639. The molecule has 0 radical (unpaired) electrons. The summed E-state index contributed by atoms with van der Waals surface area (Å²) in [5.41, 5.74) is 0.617. The van der Waals surface area contributed by atoms with Gasteiger partial charge in [-0.15, -0.1) is 11.3 Å². The Bertz CT molecular complexity index is 751. The first-order valence-electron chi connectivity index (χ1n) is 6.72. The van der Waals surface area contributed by atoms with Crippen LogP contribution in [0, 0.1) is 6.92 Å². The van der Waals surface area contributed by atoms with Gasteiger partial charge in [0.2, 0.25) is 11.8 Å². The molecule has 2 aromatic rings. The standard InChI is InChI=1S/C15H11F6NO2S/c1-9-5-12(23-4-2-3-14(16,17)18)22-13(6-9)24-10-7-11(25-8-10)15(19,20)21/h2-3,5-8H,4H2,1H3/b3-2+. The highest BCUT2D eigenvalue weighted by molar-refractivity contribution is 7.10. The number of alkyl halides is 6. The topological polar surface area (TPSA) is 31.4 Å². The zero-order valence-electron chi connectivity index (χ0n) is 12.6. The maximum absolute atomic E-state index is 12.6. The van der Waals surface area contributed by atoms with E-state index in [1.54, 1.807) is 6.92 Å². The minimum atomic E-state index is -4.47. The second-order valence-corrected chi connectivity index (χ2v) is 5.73. The zero-order chi connectivity index (χ0) is 18.7. The number of rotatable bonds is 5. The van der Waals surface area contributed by atoms with E-state index >= 15 is 0 Å². The summed E-state index contributed by atoms with van der Waals surface area (Å²) in [5.74, 6) is -0.0761. The molecule has 2 aromatic heterocycles. The highest BCUT2D eigenvalue weighted by atomic mass is 32.1. The molecule has 0 bridgehead atoms. The number of pyridine rings is 1. The lowest BCUT2D eigenvalue weighted by molar-refractivity contribution is -0.134. The minimum Gasteiger partial charge on any atom is -0.473 e. The van der Waals surface area contributed by atoms with Crippen LogP contribution in [0.1, 0.15) is 10.4 Å². The molecule has 0 fully saturated rings. The number of halogens is 6. The first-order valence-corrected chi connectivity index (χ1v) is 7.60. The molecule has 0 aromatic carbocycles. The first kappa shape index (κ1) is 19.1. The fourth-order valence-corrected chi connectivity index (χ4v) is 2.36. The summed E-state index contributed by atoms with van der Waals surface area (Å²) >= 11 is 0.479. The Kier molecular flexibility index (Phi) is 5.61. The van der Waals surface area contributed by atoms with Gasteiger partial charge < -0.3 is 9.47 Å². The number of thiophene rings is 1. The highest BCUT2D eigenvalue weighted by Gasteiger charge is 2.32. The first-order chi connectivity index (χ1) is 11.5. The van der Waals surface area contributed by atoms with Gasteiger partial charge in [0.05, 0.1) is 0 Å². The van der Waals surface area contributed by atoms with E-state index in [0.29, 0.717) is 16.9 Å². The number of hydrogen-bond donors (Lipinski definition) is 0. The molecule has 0 aliphatic carbocycles. The predicted octanol–water partition coefficient (Wildman–Crippen LogP) is 5.76. The lowest BCUT2D eigenvalue weighted by atomic mass is 10.3. The Balaban J connectivity index is 2.06. The average Bonchev–Trinajstić information content (AvgIpc) is 2.90. The number of nitrogens with zero attached hydrogens (tertiary/aromatic N) is 1. The summed E-state index contributed by atoms with van der Waals surface area (Å²) < 4.78 is 83.9. The van der Waals surface area contributed by atoms with E-state index in [1.807, 2.05) is 0 Å². The van der Waals surface area contributed by atoms with Gasteiger partial charge in [-0.3, -0.25) is 0 Å². The highest BCUT2D eigenvalue weighted by Crippen LogP contribution is 2.37. The molecule has 136 valence electrons. The van der Waals surface area contributed by atoms with Gasteiger partial charge in [-0.05, 0) is 18.6 Å². The maximum Gasteiger partial charge on any atom is 0.425 e. The number of ether oxygens (including phenoxy) is 2. The van der Waals surface area contributed by atoms with Crippen LogP contribution in [-0.2, 0) is 6.18 Å². The van der Waals surface area contributed by atoms with E-state index in [9.17, 15) is 26.3 Å². The number of aromatic nitrogens is 1. The second kappa shape index (κ2) is 7.34. The summed E-state index contributed by atoms with van der Waals surface area (Å²) in [6.07, 6.45) is -8.10. The Hall–Kier alpha value is -2.23. The van der Waals surface area contributed by atoms with Crippen molar-refractivity contribution in [2.24, 2.45) is 0 Å². The quantitative estimate of drug-likeness (QED) is 0.486. The molecular formula is C15H11F6NO2S. The van der Waals surface area contributed by atoms with Crippen LogP contribution in [0.3, 0.4) is 0 Å². The summed E-state index contributed by atoms with van der Waals surface area (Å²) in [5, 5.41) is 1.18. The predicted molar refractivity (Wildman–Crippen MR) is 79.1 cm³/mol. The molecule has 0 saturated heterocycles. The van der Waals surface area contributed by atoms with Crippen LogP contribution in [0.5, 0.6) is 17.5 Å². The molecule has 25 heavy (non-hydrogen) atoms. The third kappa shape index (κ3) is 6.29. The van der Waals surface area contributed by atoms with E-state index in [4.69, 9.17) is 9.47 Å². The Morgan fingerprint density at radius 1 is 1.08 bits per heavy atom. The van der Waals surface area contributed by atoms with Crippen LogP contribution in [-0.4, -0.2) is 17.8 Å². The molecule has 0 saturated carbocycles. The van der Waals surface area contributed by atoms with E-state index in [1.165, 1.54) is 17.5 Å². The van der Waals surface area contributed by atoms with E-state index in [2.05, 4.69) is 4.98 Å². The molecule has 0 N–H and O–H groups in total. The summed E-state index contributed by atoms with van der Waals surface area (Å²) in [6.45, 7) is 1.29. The summed E-state index contributed by atoms with van der Waals surface area (Å²) in [7, 11) is 0. The molecule has 0 amide bonds. The van der Waals surface area contributed by atoms with Crippen LogP contribution in [0.25, 0.3) is 0 Å². The third-order valence-electron chi connectivity index (χ3n) is 2.63. The van der Waals surface area contributed by atoms with Crippen LogP contribution >= 0.6 is 11.3 Å². The molecule has 10 heteroatoms. The molecule has 0 unspecified atom stereocenters. The summed E-state index contributed by atoms with van der Waals surface area (Å²) in [6, 6.07) is 3.76. The number of hydrogen-bond acceptors (Lipinski definition) is 4. The van der Waals surface area contributed by atoms with Crippen molar-refractivity contribution in [2.45, 2.75) is 19.3 Å². The molecule has 3 nitrogen and oxygen atoms in total. The Morgan fingerprint density at radius 3 is 2.36 bits per heavy atom. The molecule has 0 aliphatic rings. The lowest BCUT2D eigenvalue weighted by Crippen LogP contribution is -2.03. The number of aryl methyl sites for hydroxylation is 1. The normalized spacial score (nSPS) is 12.6. The van der Waals surface area contributed by atoms with Gasteiger partial charge in [0.25, 0.3) is 0 Å². The molecule has 0 spiro atoms. The summed E-state index contributed by atoms with van der Waals surface area (Å²) in [4.78, 5) is 3.08. The monoisotopic (exact) mass is 383 g/mol. The van der Waals surface area contributed by atoms with E-state index in [-0.39, 0.29) is 30.2 Å². The molecule has 0 atom stereocenters. The Morgan fingerprint density at radius 2 is 1.76 bits per heavy atom. The van der Waals surface area contributed by atoms with Gasteiger partial charge in [-0.2, -0.15) is 31.3 Å². The van der Waals surface area contributed by atoms with Crippen molar-refractivity contribution in [3.8, 4) is 17.5 Å². The average molecular weight is 383 g/mol. The molecular weight excluding hydrogens is 372 g/mol. The van der Waals surface area contributed by atoms with Crippen molar-refractivity contribution in [3.05, 3.63) is 46.2 Å². The second-order valence-electron chi connectivity index (χ2n) is 4.82. The maximum atomic E-state index is 12.6. The smallest absolute Gasteiger partial charge is 0.425 e. The van der Waals surface area contributed by atoms with Gasteiger partial charge in [-0.1, -0.05) is 0 Å². The number of allylic oxidation sites excluding steroid dienone is 1. The van der Waals surface area contributed by atoms with Crippen LogP contribution in [0.4, 0.5) is 26.3 Å². The lowest BCUT2D eigenvalue weighted by Gasteiger charge is -2.08. The van der Waals surface area contributed by atoms with E-state index in [0.717, 1.165) is 12.1 Å². The fourth-order valence-electron chi connectivity index (χ4n) is 1.69. The van der Waals surface area contributed by atoms with Crippen LogP contribution < -0.4 is 9.47 Å². The van der Waals surface area contributed by atoms with Crippen molar-refractivity contribution in [3.63, 3.8) is 0 Å². The SMILES string of the molecule is Cc1cc(OC/C=C/C(F)(F)F)nc(Oc2csc(C(F)(F)F)c2)c1. The van der Waals surface area contributed by atoms with Gasteiger partial charge >= 0.3 is 12.4 Å². The van der Waals surface area contributed by atoms with Gasteiger partial charge in [0.15, 0.2) is 0 Å². The van der Waals surface area contributed by atoms with Crippen molar-refractivity contribution < 1.29 is 35.8 Å². The molecule has 0 aliphatic heterocycles. The third-order valence-corrected chi connectivity index (χ3v) is 3.59. The van der Waals surface area contributed by atoms with Gasteiger partial charge in [0, 0.05) is 29.7 Å². The zero-order valence-corrected chi connectivity index (χ0v) is 13.4. The van der Waals surface area contributed by atoms with Crippen LogP contribution in [0.2, 0.25) is 0 Å². The van der Waals surface area contributed by atoms with Crippen molar-refractivity contribution in [2.75, 3.05) is 6.61 Å². The van der Waals surface area contributed by atoms with Gasteiger partial charge in [-0.25, -0.2) is 0 Å². The largest absolute Gasteiger partial charge is 0.473 e. The van der Waals surface area contributed by atoms with Gasteiger partial charge in [0.1, 0.15) is 17.2 Å². The Labute approximate surface area is 142 Å². The fraction of sp³-hybridized carbons (Fsp3) is 0.267. The van der Waals surface area contributed by atoms with Crippen molar-refractivity contribution in [1.29, 1.82) is 0 Å². The van der Waals surface area contributed by atoms with Crippen molar-refractivity contribution in [1.82, 2.24) is 4.98 Å². The van der Waals surface area contributed by atoms with E-state index < -0.39 is 17.2 Å². The van der Waals surface area contributed by atoms with Crippen molar-refractivity contribution >= 4 is 11.3 Å².